The second-order valence-corrected chi connectivity index (χ2v) is 7.00. The molecule has 1 fully saturated rings. The summed E-state index contributed by atoms with van der Waals surface area (Å²) in [7, 11) is 0. The molecular formula is C20H18N3O7-. The Morgan fingerprint density at radius 3 is 2.83 bits per heavy atom. The minimum Gasteiger partial charge on any atom is -0.548 e. The van der Waals surface area contributed by atoms with Crippen molar-refractivity contribution in [1.82, 2.24) is 10.2 Å². The SMILES string of the molecule is O=C([O-])COCC(=O)N[C@H]1CCN2C(=O)c3cc(-c4ccco4)ccc3NC(=O)[C@H]12. The van der Waals surface area contributed by atoms with Gasteiger partial charge in [-0.25, -0.2) is 0 Å². The summed E-state index contributed by atoms with van der Waals surface area (Å²) < 4.78 is 10.1. The minimum absolute atomic E-state index is 0.284. The highest BCUT2D eigenvalue weighted by Gasteiger charge is 2.45. The zero-order valence-electron chi connectivity index (χ0n) is 15.8. The van der Waals surface area contributed by atoms with Crippen LogP contribution in [-0.2, 0) is 19.1 Å². The fourth-order valence-electron chi connectivity index (χ4n) is 3.76. The number of carbonyl (C=O) groups excluding carboxylic acids is 4. The molecule has 0 saturated carbocycles. The molecule has 10 nitrogen and oxygen atoms in total. The molecule has 0 bridgehead atoms. The molecular weight excluding hydrogens is 394 g/mol. The molecule has 1 aromatic carbocycles. The van der Waals surface area contributed by atoms with Crippen LogP contribution in [0.2, 0.25) is 0 Å². The lowest BCUT2D eigenvalue weighted by Crippen LogP contribution is -2.52. The van der Waals surface area contributed by atoms with Crippen LogP contribution in [0.5, 0.6) is 0 Å². The van der Waals surface area contributed by atoms with E-state index in [1.165, 1.54) is 11.2 Å². The maximum absolute atomic E-state index is 13.2. The third-order valence-electron chi connectivity index (χ3n) is 5.04. The first-order valence-corrected chi connectivity index (χ1v) is 9.31. The van der Waals surface area contributed by atoms with Crippen LogP contribution in [0.15, 0.2) is 41.0 Å². The van der Waals surface area contributed by atoms with Crippen LogP contribution in [-0.4, -0.2) is 60.4 Å². The Morgan fingerprint density at radius 2 is 2.10 bits per heavy atom. The van der Waals surface area contributed by atoms with Crippen molar-refractivity contribution in [2.75, 3.05) is 25.1 Å². The quantitative estimate of drug-likeness (QED) is 0.643. The normalized spacial score (nSPS) is 20.2. The van der Waals surface area contributed by atoms with Crippen LogP contribution in [0.25, 0.3) is 11.3 Å². The van der Waals surface area contributed by atoms with Crippen LogP contribution >= 0.6 is 0 Å². The Labute approximate surface area is 170 Å². The topological polar surface area (TPSA) is 141 Å². The van der Waals surface area contributed by atoms with Gasteiger partial charge in [0.25, 0.3) is 5.91 Å². The van der Waals surface area contributed by atoms with Gasteiger partial charge in [-0.1, -0.05) is 0 Å². The zero-order valence-corrected chi connectivity index (χ0v) is 15.8. The number of amides is 3. The molecule has 30 heavy (non-hydrogen) atoms. The monoisotopic (exact) mass is 412 g/mol. The molecule has 2 N–H and O–H groups in total. The third kappa shape index (κ3) is 3.77. The summed E-state index contributed by atoms with van der Waals surface area (Å²) in [5, 5.41) is 15.8. The van der Waals surface area contributed by atoms with E-state index in [9.17, 15) is 24.3 Å². The lowest BCUT2D eigenvalue weighted by Gasteiger charge is -2.25. The van der Waals surface area contributed by atoms with E-state index in [0.29, 0.717) is 29.0 Å². The number of aliphatic carboxylic acids is 1. The van der Waals surface area contributed by atoms with E-state index in [1.807, 2.05) is 0 Å². The summed E-state index contributed by atoms with van der Waals surface area (Å²) >= 11 is 0. The summed E-state index contributed by atoms with van der Waals surface area (Å²) in [6.45, 7) is -0.911. The number of fused-ring (bicyclic) bond motifs is 2. The number of anilines is 1. The van der Waals surface area contributed by atoms with Gasteiger partial charge in [-0.05, 0) is 36.8 Å². The molecule has 0 unspecified atom stereocenters. The molecule has 156 valence electrons. The summed E-state index contributed by atoms with van der Waals surface area (Å²) in [6.07, 6.45) is 1.91. The fourth-order valence-corrected chi connectivity index (χ4v) is 3.76. The van der Waals surface area contributed by atoms with Crippen LogP contribution in [0.4, 0.5) is 5.69 Å². The predicted molar refractivity (Wildman–Crippen MR) is 100.0 cm³/mol. The molecule has 3 amide bonds. The lowest BCUT2D eigenvalue weighted by atomic mass is 10.1. The second-order valence-electron chi connectivity index (χ2n) is 7.00. The number of hydrogen-bond acceptors (Lipinski definition) is 7. The molecule has 10 heteroatoms. The Morgan fingerprint density at radius 1 is 1.27 bits per heavy atom. The van der Waals surface area contributed by atoms with Gasteiger partial charge in [0.15, 0.2) is 0 Å². The van der Waals surface area contributed by atoms with Gasteiger partial charge in [-0.15, -0.1) is 0 Å². The Kier molecular flexibility index (Phi) is 5.23. The van der Waals surface area contributed by atoms with E-state index in [2.05, 4.69) is 10.6 Å². The largest absolute Gasteiger partial charge is 0.548 e. The Balaban J connectivity index is 1.52. The summed E-state index contributed by atoms with van der Waals surface area (Å²) in [6, 6.07) is 7.06. The van der Waals surface area contributed by atoms with E-state index in [-0.39, 0.29) is 12.5 Å². The van der Waals surface area contributed by atoms with Gasteiger partial charge in [0.2, 0.25) is 11.8 Å². The summed E-state index contributed by atoms with van der Waals surface area (Å²) in [5.74, 6) is -2.15. The second kappa shape index (κ2) is 7.99. The van der Waals surface area contributed by atoms with Crippen molar-refractivity contribution in [3.8, 4) is 11.3 Å². The van der Waals surface area contributed by atoms with Crippen molar-refractivity contribution in [2.45, 2.75) is 18.5 Å². The fraction of sp³-hybridized carbons (Fsp3) is 0.300. The number of nitrogens with zero attached hydrogens (tertiary/aromatic N) is 1. The first-order valence-electron chi connectivity index (χ1n) is 9.31. The van der Waals surface area contributed by atoms with Gasteiger partial charge in [0.05, 0.1) is 36.1 Å². The maximum Gasteiger partial charge on any atom is 0.256 e. The lowest BCUT2D eigenvalue weighted by molar-refractivity contribution is -0.309. The number of rotatable bonds is 6. The summed E-state index contributed by atoms with van der Waals surface area (Å²) in [5.41, 5.74) is 1.43. The minimum atomic E-state index is -1.43. The van der Waals surface area contributed by atoms with Crippen LogP contribution in [0.1, 0.15) is 16.8 Å². The van der Waals surface area contributed by atoms with E-state index in [4.69, 9.17) is 9.15 Å². The van der Waals surface area contributed by atoms with E-state index in [1.54, 1.807) is 30.3 Å². The number of carboxylic acids is 1. The molecule has 0 spiro atoms. The highest BCUT2D eigenvalue weighted by Crippen LogP contribution is 2.32. The van der Waals surface area contributed by atoms with Gasteiger partial charge in [0, 0.05) is 12.1 Å². The average molecular weight is 412 g/mol. The van der Waals surface area contributed by atoms with Crippen molar-refractivity contribution in [3.05, 3.63) is 42.2 Å². The van der Waals surface area contributed by atoms with Crippen molar-refractivity contribution < 1.29 is 33.4 Å². The van der Waals surface area contributed by atoms with Crippen LogP contribution in [0, 0.1) is 0 Å². The number of benzene rings is 1. The van der Waals surface area contributed by atoms with Crippen molar-refractivity contribution in [1.29, 1.82) is 0 Å². The number of hydrogen-bond donors (Lipinski definition) is 2. The van der Waals surface area contributed by atoms with E-state index < -0.39 is 43.1 Å². The van der Waals surface area contributed by atoms with E-state index in [0.717, 1.165) is 0 Å². The summed E-state index contributed by atoms with van der Waals surface area (Å²) in [4.78, 5) is 49.8. The molecule has 4 rings (SSSR count). The molecule has 0 aliphatic carbocycles. The van der Waals surface area contributed by atoms with Crippen molar-refractivity contribution in [3.63, 3.8) is 0 Å². The first kappa shape index (κ1) is 19.6. The van der Waals surface area contributed by atoms with Crippen LogP contribution < -0.4 is 15.7 Å². The number of ether oxygens (including phenoxy) is 1. The highest BCUT2D eigenvalue weighted by molar-refractivity contribution is 6.11. The van der Waals surface area contributed by atoms with Gasteiger partial charge in [-0.2, -0.15) is 0 Å². The van der Waals surface area contributed by atoms with Gasteiger partial charge >= 0.3 is 0 Å². The highest BCUT2D eigenvalue weighted by atomic mass is 16.5. The van der Waals surface area contributed by atoms with Gasteiger partial charge < -0.3 is 34.6 Å². The smallest absolute Gasteiger partial charge is 0.256 e. The maximum atomic E-state index is 13.2. The average Bonchev–Trinajstić information content (AvgIpc) is 3.35. The molecule has 2 aromatic rings. The molecule has 1 aromatic heterocycles. The van der Waals surface area contributed by atoms with Crippen molar-refractivity contribution >= 4 is 29.4 Å². The number of nitrogens with one attached hydrogen (secondary N) is 2. The van der Waals surface area contributed by atoms with Crippen molar-refractivity contribution in [2.24, 2.45) is 0 Å². The third-order valence-corrected chi connectivity index (χ3v) is 5.04. The first-order chi connectivity index (χ1) is 14.4. The number of furan rings is 1. The molecule has 0 radical (unpaired) electrons. The molecule has 2 aliphatic heterocycles. The number of carboxylic acid groups (broad SMARTS) is 1. The molecule has 2 aliphatic rings. The van der Waals surface area contributed by atoms with E-state index >= 15 is 0 Å². The Bertz CT molecular complexity index is 1000. The zero-order chi connectivity index (χ0) is 21.3. The molecule has 1 saturated heterocycles. The molecule has 2 atom stereocenters. The predicted octanol–water partition coefficient (Wildman–Crippen LogP) is -0.635. The number of carbonyl (C=O) groups is 4. The standard InChI is InChI=1S/C20H19N3O7/c24-16(9-29-10-17(25)26)21-14-5-6-23-18(14)19(27)22-13-4-3-11(8-12(13)20(23)28)15-2-1-7-30-15/h1-4,7-8,14,18H,5-6,9-10H2,(H,21,24)(H,22,27)(H,25,26)/p-1/t14-,18-/m0/s1. The van der Waals surface area contributed by atoms with Gasteiger partial charge in [0.1, 0.15) is 18.4 Å². The van der Waals surface area contributed by atoms with Gasteiger partial charge in [-0.3, -0.25) is 14.4 Å². The van der Waals surface area contributed by atoms with Crippen LogP contribution in [0.3, 0.4) is 0 Å². The molecule has 3 heterocycles. The Hall–Kier alpha value is -3.66.